The van der Waals surface area contributed by atoms with Gasteiger partial charge in [-0.15, -0.1) is 0 Å². The third-order valence-corrected chi connectivity index (χ3v) is 5.61. The average Bonchev–Trinajstić information content (AvgIpc) is 3.13. The minimum Gasteiger partial charge on any atom is -0.272 e. The number of carbonyl (C=O) groups excluding carboxylic acids is 1. The van der Waals surface area contributed by atoms with Gasteiger partial charge in [0.15, 0.2) is 0 Å². The van der Waals surface area contributed by atoms with Crippen molar-refractivity contribution in [2.24, 2.45) is 5.10 Å². The lowest BCUT2D eigenvalue weighted by Gasteiger charge is -2.05. The fourth-order valence-corrected chi connectivity index (χ4v) is 3.78. The molecule has 0 N–H and O–H groups in total. The van der Waals surface area contributed by atoms with E-state index in [9.17, 15) is 4.79 Å². The van der Waals surface area contributed by atoms with Crippen LogP contribution in [0.15, 0.2) is 52.0 Å². The fourth-order valence-electron chi connectivity index (χ4n) is 2.46. The van der Waals surface area contributed by atoms with E-state index in [0.717, 1.165) is 31.5 Å². The number of hydrogen-bond donors (Lipinski definition) is 0. The smallest absolute Gasteiger partial charge is 0.255 e. The van der Waals surface area contributed by atoms with Gasteiger partial charge < -0.3 is 0 Å². The number of fused-ring (bicyclic) bond motifs is 1. The molecule has 23 heavy (non-hydrogen) atoms. The van der Waals surface area contributed by atoms with E-state index in [1.165, 1.54) is 16.3 Å². The van der Waals surface area contributed by atoms with E-state index in [1.807, 2.05) is 49.4 Å². The summed E-state index contributed by atoms with van der Waals surface area (Å²) in [6.07, 6.45) is 0.297. The van der Waals surface area contributed by atoms with E-state index in [0.29, 0.717) is 11.6 Å². The van der Waals surface area contributed by atoms with Crippen LogP contribution in [0.25, 0.3) is 10.2 Å². The van der Waals surface area contributed by atoms with Crippen LogP contribution < -0.4 is 5.01 Å². The van der Waals surface area contributed by atoms with E-state index in [-0.39, 0.29) is 5.91 Å². The Morgan fingerprint density at radius 3 is 2.83 bits per heavy atom. The van der Waals surface area contributed by atoms with Crippen molar-refractivity contribution in [1.82, 2.24) is 4.98 Å². The van der Waals surface area contributed by atoms with Crippen LogP contribution in [0.3, 0.4) is 0 Å². The molecule has 6 heteroatoms. The van der Waals surface area contributed by atoms with Gasteiger partial charge in [0.2, 0.25) is 5.13 Å². The number of para-hydroxylation sites is 1. The van der Waals surface area contributed by atoms with Crippen LogP contribution in [0.2, 0.25) is 0 Å². The molecule has 0 saturated heterocycles. The average molecular weight is 386 g/mol. The fraction of sp³-hybridized carbons (Fsp3) is 0.118. The first-order valence-corrected chi connectivity index (χ1v) is 8.75. The Morgan fingerprint density at radius 1 is 1.22 bits per heavy atom. The molecule has 0 aliphatic carbocycles. The molecular weight excluding hydrogens is 374 g/mol. The lowest BCUT2D eigenvalue weighted by Crippen LogP contribution is -2.19. The molecule has 0 radical (unpaired) electrons. The molecule has 0 saturated carbocycles. The van der Waals surface area contributed by atoms with Gasteiger partial charge in [0, 0.05) is 4.47 Å². The maximum atomic E-state index is 12.4. The number of benzene rings is 2. The van der Waals surface area contributed by atoms with Gasteiger partial charge >= 0.3 is 0 Å². The lowest BCUT2D eigenvalue weighted by atomic mass is 10.1. The molecule has 4 nitrogen and oxygen atoms in total. The zero-order valence-corrected chi connectivity index (χ0v) is 14.7. The molecule has 3 aromatic rings. The summed E-state index contributed by atoms with van der Waals surface area (Å²) >= 11 is 5.01. The summed E-state index contributed by atoms with van der Waals surface area (Å²) in [5.74, 6) is -0.0456. The Labute approximate surface area is 145 Å². The van der Waals surface area contributed by atoms with Gasteiger partial charge in [0.1, 0.15) is 0 Å². The van der Waals surface area contributed by atoms with Crippen LogP contribution in [-0.4, -0.2) is 16.6 Å². The summed E-state index contributed by atoms with van der Waals surface area (Å²) in [6.45, 7) is 2.03. The summed E-state index contributed by atoms with van der Waals surface area (Å²) in [7, 11) is 0. The summed E-state index contributed by atoms with van der Waals surface area (Å²) in [6, 6.07) is 13.9. The van der Waals surface area contributed by atoms with E-state index < -0.39 is 0 Å². The molecule has 1 aromatic heterocycles. The van der Waals surface area contributed by atoms with Crippen molar-refractivity contribution in [3.8, 4) is 0 Å². The van der Waals surface area contributed by atoms with Gasteiger partial charge in [-0.2, -0.15) is 10.1 Å². The molecular formula is C17H12BrN3OS. The highest BCUT2D eigenvalue weighted by Gasteiger charge is 2.28. The highest BCUT2D eigenvalue weighted by Crippen LogP contribution is 2.32. The predicted molar refractivity (Wildman–Crippen MR) is 97.1 cm³/mol. The van der Waals surface area contributed by atoms with Crippen molar-refractivity contribution in [2.75, 3.05) is 5.01 Å². The van der Waals surface area contributed by atoms with Crippen LogP contribution in [0.1, 0.15) is 17.5 Å². The van der Waals surface area contributed by atoms with Crippen LogP contribution in [0, 0.1) is 6.92 Å². The predicted octanol–water partition coefficient (Wildman–Crippen LogP) is 4.51. The van der Waals surface area contributed by atoms with Crippen LogP contribution in [0.4, 0.5) is 5.13 Å². The maximum Gasteiger partial charge on any atom is 0.255 e. The molecule has 4 rings (SSSR count). The second kappa shape index (κ2) is 5.54. The monoisotopic (exact) mass is 385 g/mol. The molecule has 0 unspecified atom stereocenters. The molecule has 1 aliphatic heterocycles. The molecule has 0 fully saturated rings. The van der Waals surface area contributed by atoms with Crippen molar-refractivity contribution in [3.63, 3.8) is 0 Å². The van der Waals surface area contributed by atoms with Crippen molar-refractivity contribution in [2.45, 2.75) is 13.3 Å². The molecule has 0 spiro atoms. The number of amides is 1. The van der Waals surface area contributed by atoms with Gasteiger partial charge in [-0.3, -0.25) is 4.79 Å². The molecule has 1 amide bonds. The summed E-state index contributed by atoms with van der Waals surface area (Å²) in [5, 5.41) is 6.55. The summed E-state index contributed by atoms with van der Waals surface area (Å²) in [5.41, 5.74) is 3.78. The van der Waals surface area contributed by atoms with Crippen LogP contribution in [0.5, 0.6) is 0 Å². The largest absolute Gasteiger partial charge is 0.272 e. The first-order valence-electron chi connectivity index (χ1n) is 7.14. The Bertz CT molecular complexity index is 930. The molecule has 2 heterocycles. The van der Waals surface area contributed by atoms with Crippen molar-refractivity contribution in [1.29, 1.82) is 0 Å². The normalized spacial score (nSPS) is 14.6. The lowest BCUT2D eigenvalue weighted by molar-refractivity contribution is -0.116. The van der Waals surface area contributed by atoms with Crippen LogP contribution >= 0.6 is 27.3 Å². The Hall–Kier alpha value is -2.05. The van der Waals surface area contributed by atoms with E-state index in [4.69, 9.17) is 0 Å². The van der Waals surface area contributed by atoms with Crippen molar-refractivity contribution >= 4 is 54.2 Å². The highest BCUT2D eigenvalue weighted by molar-refractivity contribution is 9.10. The summed E-state index contributed by atoms with van der Waals surface area (Å²) in [4.78, 5) is 16.9. The SMILES string of the molecule is Cc1ccc(C2=NN(c3nc4ccccc4s3)C(=O)C2)cc1Br. The third kappa shape index (κ3) is 2.58. The third-order valence-electron chi connectivity index (χ3n) is 3.74. The molecule has 0 atom stereocenters. The first-order chi connectivity index (χ1) is 11.1. The number of anilines is 1. The van der Waals surface area contributed by atoms with Crippen LogP contribution in [-0.2, 0) is 4.79 Å². The highest BCUT2D eigenvalue weighted by atomic mass is 79.9. The Morgan fingerprint density at radius 2 is 2.04 bits per heavy atom. The number of hydrazone groups is 1. The van der Waals surface area contributed by atoms with Crippen molar-refractivity contribution < 1.29 is 4.79 Å². The quantitative estimate of drug-likeness (QED) is 0.651. The zero-order valence-electron chi connectivity index (χ0n) is 12.3. The molecule has 2 aromatic carbocycles. The van der Waals surface area contributed by atoms with Gasteiger partial charge in [0.25, 0.3) is 5.91 Å². The number of thiazole rings is 1. The summed E-state index contributed by atoms with van der Waals surface area (Å²) < 4.78 is 2.07. The van der Waals surface area contributed by atoms with E-state index in [1.54, 1.807) is 0 Å². The Kier molecular flexibility index (Phi) is 3.50. The minimum absolute atomic E-state index is 0.0456. The number of halogens is 1. The standard InChI is InChI=1S/C17H12BrN3OS/c1-10-6-7-11(8-12(10)18)14-9-16(22)21(20-14)17-19-13-4-2-3-5-15(13)23-17/h2-8H,9H2,1H3. The molecule has 1 aliphatic rings. The zero-order chi connectivity index (χ0) is 16.0. The maximum absolute atomic E-state index is 12.4. The minimum atomic E-state index is -0.0456. The number of hydrogen-bond acceptors (Lipinski definition) is 4. The van der Waals surface area contributed by atoms with E-state index >= 15 is 0 Å². The van der Waals surface area contributed by atoms with Gasteiger partial charge in [-0.25, -0.2) is 4.98 Å². The number of aryl methyl sites for hydroxylation is 1. The second-order valence-corrected chi connectivity index (χ2v) is 7.22. The van der Waals surface area contributed by atoms with Gasteiger partial charge in [0.05, 0.1) is 22.3 Å². The van der Waals surface area contributed by atoms with Gasteiger partial charge in [-0.05, 0) is 36.2 Å². The number of carbonyl (C=O) groups is 1. The van der Waals surface area contributed by atoms with E-state index in [2.05, 4.69) is 26.0 Å². The first kappa shape index (κ1) is 14.5. The number of aromatic nitrogens is 1. The molecule has 0 bridgehead atoms. The van der Waals surface area contributed by atoms with Gasteiger partial charge in [-0.1, -0.05) is 51.5 Å². The number of nitrogens with zero attached hydrogens (tertiary/aromatic N) is 3. The van der Waals surface area contributed by atoms with Crippen molar-refractivity contribution in [3.05, 3.63) is 58.1 Å². The Balaban J connectivity index is 1.73. The second-order valence-electron chi connectivity index (χ2n) is 5.36. The molecule has 114 valence electrons. The topological polar surface area (TPSA) is 45.6 Å². The number of rotatable bonds is 2.